The zero-order valence-electron chi connectivity index (χ0n) is 13.6. The molecule has 0 fully saturated rings. The minimum Gasteiger partial charge on any atom is -0.481 e. The second-order valence-corrected chi connectivity index (χ2v) is 7.28. The topological polar surface area (TPSA) is 100 Å². The summed E-state index contributed by atoms with van der Waals surface area (Å²) in [5.74, 6) is 1.61. The number of rotatable bonds is 7. The van der Waals surface area contributed by atoms with E-state index in [-0.39, 0.29) is 11.4 Å². The third kappa shape index (κ3) is 5.68. The Kier molecular flexibility index (Phi) is 5.78. The highest BCUT2D eigenvalue weighted by Gasteiger charge is 2.15. The van der Waals surface area contributed by atoms with Crippen LogP contribution in [0, 0.1) is 0 Å². The minimum absolute atomic E-state index is 0.183. The fraction of sp³-hybridized carbons (Fsp3) is 0.571. The molecular formula is C14H20N4O4S. The van der Waals surface area contributed by atoms with Crippen molar-refractivity contribution in [3.8, 4) is 17.4 Å². The van der Waals surface area contributed by atoms with Gasteiger partial charge >= 0.3 is 0 Å². The first-order valence-corrected chi connectivity index (χ1v) is 8.54. The van der Waals surface area contributed by atoms with Crippen molar-refractivity contribution in [2.45, 2.75) is 32.1 Å². The number of hydrogen-bond acceptors (Lipinski definition) is 8. The van der Waals surface area contributed by atoms with E-state index in [2.05, 4.69) is 20.1 Å². The van der Waals surface area contributed by atoms with Crippen LogP contribution in [0.2, 0.25) is 0 Å². The molecule has 8 nitrogen and oxygen atoms in total. The lowest BCUT2D eigenvalue weighted by Gasteiger charge is -2.18. The Balaban J connectivity index is 1.93. The van der Waals surface area contributed by atoms with E-state index in [9.17, 15) is 4.21 Å². The van der Waals surface area contributed by atoms with Crippen LogP contribution in [0.1, 0.15) is 26.7 Å². The predicted octanol–water partition coefficient (Wildman–Crippen LogP) is 1.60. The van der Waals surface area contributed by atoms with Crippen molar-refractivity contribution in [1.82, 2.24) is 20.1 Å². The number of methoxy groups -OCH3 is 1. The summed E-state index contributed by atoms with van der Waals surface area (Å²) in [6, 6.07) is 1.60. The summed E-state index contributed by atoms with van der Waals surface area (Å²) >= 11 is 0. The smallest absolute Gasteiger partial charge is 0.239 e. The zero-order valence-corrected chi connectivity index (χ0v) is 14.4. The molecule has 9 heteroatoms. The van der Waals surface area contributed by atoms with Crippen LogP contribution >= 0.6 is 0 Å². The van der Waals surface area contributed by atoms with Gasteiger partial charge < -0.3 is 14.0 Å². The fourth-order valence-corrected chi connectivity index (χ4v) is 2.45. The van der Waals surface area contributed by atoms with Gasteiger partial charge in [-0.25, -0.2) is 9.97 Å². The lowest BCUT2D eigenvalue weighted by atomic mass is 10.2. The highest BCUT2D eigenvalue weighted by molar-refractivity contribution is 7.84. The molecule has 2 aromatic heterocycles. The maximum atomic E-state index is 12.0. The van der Waals surface area contributed by atoms with Crippen molar-refractivity contribution >= 4 is 10.8 Å². The Bertz CT molecular complexity index is 669. The standard InChI is InChI=1S/C14H20N4O4S/c1-14(2,3)21-5-6-23(19)8-12-17-13(18-22-12)10-7-11(20-4)16-9-15-10/h7,9H,5-6,8H2,1-4H3. The number of nitrogens with zero attached hydrogens (tertiary/aromatic N) is 4. The lowest BCUT2D eigenvalue weighted by molar-refractivity contribution is 0.00668. The van der Waals surface area contributed by atoms with Crippen molar-refractivity contribution < 1.29 is 18.2 Å². The van der Waals surface area contributed by atoms with E-state index in [4.69, 9.17) is 14.0 Å². The molecule has 1 unspecified atom stereocenters. The van der Waals surface area contributed by atoms with Gasteiger partial charge in [0.05, 0.1) is 19.3 Å². The highest BCUT2D eigenvalue weighted by atomic mass is 32.2. The van der Waals surface area contributed by atoms with Gasteiger partial charge in [0.1, 0.15) is 17.8 Å². The van der Waals surface area contributed by atoms with Gasteiger partial charge in [0.25, 0.3) is 0 Å². The van der Waals surface area contributed by atoms with Gasteiger partial charge in [0, 0.05) is 22.6 Å². The first kappa shape index (κ1) is 17.5. The average molecular weight is 340 g/mol. The molecule has 0 amide bonds. The summed E-state index contributed by atoms with van der Waals surface area (Å²) in [7, 11) is 0.377. The predicted molar refractivity (Wildman–Crippen MR) is 84.3 cm³/mol. The van der Waals surface area contributed by atoms with Crippen molar-refractivity contribution in [3.05, 3.63) is 18.3 Å². The van der Waals surface area contributed by atoms with Crippen LogP contribution in [0.15, 0.2) is 16.9 Å². The second-order valence-electron chi connectivity index (χ2n) is 5.71. The summed E-state index contributed by atoms with van der Waals surface area (Å²) in [5.41, 5.74) is 0.238. The van der Waals surface area contributed by atoms with Crippen molar-refractivity contribution in [2.24, 2.45) is 0 Å². The molecule has 0 aromatic carbocycles. The van der Waals surface area contributed by atoms with Gasteiger partial charge in [-0.2, -0.15) is 4.98 Å². The largest absolute Gasteiger partial charge is 0.481 e. The second kappa shape index (κ2) is 7.60. The molecule has 23 heavy (non-hydrogen) atoms. The molecule has 0 bridgehead atoms. The van der Waals surface area contributed by atoms with Crippen LogP contribution < -0.4 is 4.74 Å². The Labute approximate surface area is 137 Å². The summed E-state index contributed by atoms with van der Waals surface area (Å²) in [5, 5.41) is 3.84. The molecule has 2 heterocycles. The van der Waals surface area contributed by atoms with Gasteiger partial charge in [0.2, 0.25) is 17.6 Å². The molecular weight excluding hydrogens is 320 g/mol. The molecule has 0 saturated carbocycles. The van der Waals surface area contributed by atoms with E-state index in [0.29, 0.717) is 35.6 Å². The lowest BCUT2D eigenvalue weighted by Crippen LogP contribution is -2.22. The Hall–Kier alpha value is -1.87. The van der Waals surface area contributed by atoms with E-state index >= 15 is 0 Å². The summed E-state index contributed by atoms with van der Waals surface area (Å²) in [6.07, 6.45) is 1.35. The van der Waals surface area contributed by atoms with Crippen molar-refractivity contribution in [1.29, 1.82) is 0 Å². The van der Waals surface area contributed by atoms with E-state index in [1.165, 1.54) is 13.4 Å². The van der Waals surface area contributed by atoms with Gasteiger partial charge in [-0.1, -0.05) is 5.16 Å². The van der Waals surface area contributed by atoms with Gasteiger partial charge in [-0.15, -0.1) is 0 Å². The Morgan fingerprint density at radius 3 is 2.78 bits per heavy atom. The molecule has 1 atom stereocenters. The van der Waals surface area contributed by atoms with E-state index in [1.54, 1.807) is 6.07 Å². The molecule has 0 spiro atoms. The molecule has 0 saturated heterocycles. The first-order chi connectivity index (χ1) is 10.9. The molecule has 126 valence electrons. The van der Waals surface area contributed by atoms with Gasteiger partial charge in [-0.3, -0.25) is 4.21 Å². The van der Waals surface area contributed by atoms with Gasteiger partial charge in [0.15, 0.2) is 0 Å². The van der Waals surface area contributed by atoms with Crippen LogP contribution in [-0.4, -0.2) is 49.4 Å². The quantitative estimate of drug-likeness (QED) is 0.749. The summed E-state index contributed by atoms with van der Waals surface area (Å²) in [4.78, 5) is 12.2. The number of hydrogen-bond donors (Lipinski definition) is 0. The molecule has 0 N–H and O–H groups in total. The average Bonchev–Trinajstić information content (AvgIpc) is 2.94. The summed E-state index contributed by atoms with van der Waals surface area (Å²) in [6.45, 7) is 6.28. The van der Waals surface area contributed by atoms with E-state index < -0.39 is 10.8 Å². The number of aromatic nitrogens is 4. The first-order valence-electron chi connectivity index (χ1n) is 7.05. The molecule has 0 aliphatic heterocycles. The normalized spacial score (nSPS) is 13.0. The maximum absolute atomic E-state index is 12.0. The Morgan fingerprint density at radius 1 is 1.30 bits per heavy atom. The minimum atomic E-state index is -1.13. The molecule has 2 rings (SSSR count). The van der Waals surface area contributed by atoms with Crippen LogP contribution in [0.5, 0.6) is 5.88 Å². The third-order valence-corrected chi connectivity index (χ3v) is 3.87. The van der Waals surface area contributed by atoms with Crippen LogP contribution in [0.25, 0.3) is 11.5 Å². The fourth-order valence-electron chi connectivity index (χ4n) is 1.64. The Morgan fingerprint density at radius 2 is 2.09 bits per heavy atom. The maximum Gasteiger partial charge on any atom is 0.239 e. The molecule has 0 aliphatic carbocycles. The summed E-state index contributed by atoms with van der Waals surface area (Å²) < 4.78 is 27.7. The van der Waals surface area contributed by atoms with E-state index in [0.717, 1.165) is 0 Å². The molecule has 2 aromatic rings. The third-order valence-electron chi connectivity index (χ3n) is 2.68. The van der Waals surface area contributed by atoms with Crippen molar-refractivity contribution in [2.75, 3.05) is 19.5 Å². The van der Waals surface area contributed by atoms with E-state index in [1.807, 2.05) is 20.8 Å². The highest BCUT2D eigenvalue weighted by Crippen LogP contribution is 2.17. The number of ether oxygens (including phenoxy) is 2. The monoisotopic (exact) mass is 340 g/mol. The van der Waals surface area contributed by atoms with Crippen LogP contribution in [0.3, 0.4) is 0 Å². The zero-order chi connectivity index (χ0) is 16.9. The van der Waals surface area contributed by atoms with Crippen molar-refractivity contribution in [3.63, 3.8) is 0 Å². The van der Waals surface area contributed by atoms with Gasteiger partial charge in [-0.05, 0) is 20.8 Å². The van der Waals surface area contributed by atoms with Crippen LogP contribution in [0.4, 0.5) is 0 Å². The SMILES string of the molecule is COc1cc(-c2noc(CS(=O)CCOC(C)(C)C)n2)ncn1. The van der Waals surface area contributed by atoms with Crippen LogP contribution in [-0.2, 0) is 21.3 Å². The molecule has 0 radical (unpaired) electrons. The molecule has 0 aliphatic rings.